The molecule has 4 aromatic rings. The second-order valence-corrected chi connectivity index (χ2v) is 16.0. The Balaban J connectivity index is 1.16. The predicted octanol–water partition coefficient (Wildman–Crippen LogP) is 5.71. The topological polar surface area (TPSA) is 172 Å². The van der Waals surface area contributed by atoms with Gasteiger partial charge in [0, 0.05) is 24.4 Å². The first-order valence-electron chi connectivity index (χ1n) is 16.6. The van der Waals surface area contributed by atoms with Gasteiger partial charge >= 0.3 is 22.0 Å². The molecule has 1 aliphatic heterocycles. The third-order valence-corrected chi connectivity index (χ3v) is 9.89. The van der Waals surface area contributed by atoms with Crippen LogP contribution in [0.5, 0.6) is 5.75 Å². The van der Waals surface area contributed by atoms with Crippen molar-refractivity contribution in [3.05, 3.63) is 113 Å². The Bertz CT molecular complexity index is 2190. The number of nitrogens with one attached hydrogen (secondary N) is 2. The van der Waals surface area contributed by atoms with Crippen LogP contribution in [-0.4, -0.2) is 46.7 Å². The molecule has 2 aliphatic rings. The van der Waals surface area contributed by atoms with Gasteiger partial charge in [0.25, 0.3) is 11.4 Å². The van der Waals surface area contributed by atoms with Crippen molar-refractivity contribution in [1.82, 2.24) is 5.48 Å². The average Bonchev–Trinajstić information content (AvgIpc) is 3.58. The Labute approximate surface area is 304 Å². The molecule has 0 fully saturated rings. The number of anilines is 2. The lowest BCUT2D eigenvalue weighted by atomic mass is 9.75. The van der Waals surface area contributed by atoms with E-state index in [1.165, 1.54) is 4.57 Å². The minimum absolute atomic E-state index is 0.00797. The van der Waals surface area contributed by atoms with E-state index in [9.17, 15) is 22.0 Å². The van der Waals surface area contributed by atoms with Gasteiger partial charge in [-0.05, 0) is 78.6 Å². The lowest BCUT2D eigenvalue weighted by molar-refractivity contribution is -0.658. The fourth-order valence-electron chi connectivity index (χ4n) is 6.27. The second-order valence-electron chi connectivity index (χ2n) is 13.5. The number of para-hydroxylation sites is 4. The molecule has 2 heterocycles. The molecule has 1 aromatic heterocycles. The van der Waals surface area contributed by atoms with Crippen molar-refractivity contribution < 1.29 is 45.1 Å². The monoisotopic (exact) mass is 749 g/mol. The normalized spacial score (nSPS) is 18.2. The molecular weight excluding hydrogens is 709 g/mol. The van der Waals surface area contributed by atoms with Crippen molar-refractivity contribution in [1.29, 1.82) is 0 Å². The van der Waals surface area contributed by atoms with Crippen LogP contribution in [-0.2, 0) is 42.6 Å². The Morgan fingerprint density at radius 3 is 2.56 bits per heavy atom. The number of hydrogen-bond donors (Lipinski definition) is 4. The van der Waals surface area contributed by atoms with Gasteiger partial charge in [-0.1, -0.05) is 56.3 Å². The average molecular weight is 750 g/mol. The number of hydroxylamine groups is 1. The number of carboxylic acids is 1. The first-order valence-corrected chi connectivity index (χ1v) is 19.5. The lowest BCUT2D eigenvalue weighted by Gasteiger charge is -2.30. The molecule has 3 aromatic carbocycles. The van der Waals surface area contributed by atoms with Crippen LogP contribution in [0.3, 0.4) is 0 Å². The van der Waals surface area contributed by atoms with Crippen LogP contribution in [0.4, 0.5) is 11.4 Å². The molecule has 0 saturated carbocycles. The Hall–Kier alpha value is -4.80. The van der Waals surface area contributed by atoms with Crippen molar-refractivity contribution in [2.24, 2.45) is 5.41 Å². The summed E-state index contributed by atoms with van der Waals surface area (Å²) in [4.78, 5) is 12.9. The van der Waals surface area contributed by atoms with Crippen molar-refractivity contribution in [2.75, 3.05) is 22.6 Å². The molecule has 0 saturated heterocycles. The standard InChI is InChI=1S/C37H40N4O9S2/c1-25(36(42)43)39-29-14-12-26(13-15-29)16-17-38-50-51(44)23-40-30-8-4-6-10-32(30)48-34(40)19-27-18-28(22-37(2,3)21-27)20-35-41(24-52(45,46)47)31-9-5-7-11-33(31)49-35/h4-15,18-20,25,38-39H,16-17,21-24H2,1-3H3,(H-,42,43,45,46,47)/p+1. The van der Waals surface area contributed by atoms with Crippen LogP contribution in [0, 0.1) is 5.41 Å². The SMILES string of the molecule is CC(Nc1ccc(CCNOS(=O)CN2C(=CC3=CC(=Cc4oc5ccccc5[n+]4CS(=O)(=O)O)CC(C)(C)C3)Oc3ccccc32)cc1)C(=O)O. The minimum Gasteiger partial charge on any atom is -0.480 e. The molecule has 274 valence electrons. The van der Waals surface area contributed by atoms with E-state index in [0.717, 1.165) is 22.4 Å². The highest BCUT2D eigenvalue weighted by Crippen LogP contribution is 2.43. The second kappa shape index (κ2) is 15.4. The maximum atomic E-state index is 13.2. The maximum absolute atomic E-state index is 13.2. The van der Waals surface area contributed by atoms with Crippen molar-refractivity contribution in [3.8, 4) is 5.75 Å². The molecule has 2 atom stereocenters. The molecular formula is C37H41N4O9S2+. The summed E-state index contributed by atoms with van der Waals surface area (Å²) in [6, 6.07) is 21.2. The smallest absolute Gasteiger partial charge is 0.375 e. The van der Waals surface area contributed by atoms with Gasteiger partial charge in [-0.25, -0.2) is 4.21 Å². The van der Waals surface area contributed by atoms with Crippen LogP contribution in [0.25, 0.3) is 17.2 Å². The summed E-state index contributed by atoms with van der Waals surface area (Å²) >= 11 is -1.77. The first-order chi connectivity index (χ1) is 24.7. The number of allylic oxidation sites excluding steroid dienone is 4. The zero-order valence-electron chi connectivity index (χ0n) is 28.9. The highest BCUT2D eigenvalue weighted by molar-refractivity contribution is 7.84. The highest BCUT2D eigenvalue weighted by Gasteiger charge is 2.32. The summed E-state index contributed by atoms with van der Waals surface area (Å²) < 4.78 is 65.9. The Morgan fingerprint density at radius 2 is 1.81 bits per heavy atom. The molecule has 0 spiro atoms. The zero-order valence-corrected chi connectivity index (χ0v) is 30.6. The van der Waals surface area contributed by atoms with Crippen molar-refractivity contribution >= 4 is 55.7 Å². The van der Waals surface area contributed by atoms with Gasteiger partial charge in [-0.2, -0.15) is 18.2 Å². The first kappa shape index (κ1) is 37.0. The lowest BCUT2D eigenvalue weighted by Crippen LogP contribution is -2.39. The van der Waals surface area contributed by atoms with Crippen LogP contribution < -0.4 is 25.0 Å². The number of carboxylic acid groups (broad SMARTS) is 1. The summed E-state index contributed by atoms with van der Waals surface area (Å²) in [5.41, 5.74) is 7.94. The van der Waals surface area contributed by atoms with Crippen molar-refractivity contribution in [3.63, 3.8) is 0 Å². The summed E-state index contributed by atoms with van der Waals surface area (Å²) in [5, 5.41) is 12.0. The number of hydrogen-bond acceptors (Lipinski definition) is 10. The van der Waals surface area contributed by atoms with Crippen LogP contribution in [0.1, 0.15) is 45.1 Å². The molecule has 13 nitrogen and oxygen atoms in total. The summed E-state index contributed by atoms with van der Waals surface area (Å²) in [5.74, 6) is -0.196. The van der Waals surface area contributed by atoms with Crippen molar-refractivity contribution in [2.45, 2.75) is 52.0 Å². The number of ether oxygens (including phenoxy) is 1. The van der Waals surface area contributed by atoms with Crippen LogP contribution in [0.15, 0.2) is 106 Å². The maximum Gasteiger partial charge on any atom is 0.375 e. The van der Waals surface area contributed by atoms with Gasteiger partial charge in [0.05, 0.1) is 11.8 Å². The number of oxazole rings is 1. The van der Waals surface area contributed by atoms with Gasteiger partial charge in [0.2, 0.25) is 11.5 Å². The van der Waals surface area contributed by atoms with Crippen LogP contribution in [0.2, 0.25) is 0 Å². The summed E-state index contributed by atoms with van der Waals surface area (Å²) in [6.45, 7) is 6.24. The fourth-order valence-corrected chi connectivity index (χ4v) is 7.61. The van der Waals surface area contributed by atoms with Gasteiger partial charge in [-0.15, -0.1) is 4.57 Å². The van der Waals surface area contributed by atoms with E-state index in [0.29, 0.717) is 60.1 Å². The third kappa shape index (κ3) is 9.35. The summed E-state index contributed by atoms with van der Waals surface area (Å²) in [7, 11) is -4.35. The number of carbonyl (C=O) groups is 1. The fraction of sp³-hybridized carbons (Fsp3) is 0.297. The molecule has 2 unspecified atom stereocenters. The van der Waals surface area contributed by atoms with E-state index in [1.807, 2.05) is 65.6 Å². The van der Waals surface area contributed by atoms with Gasteiger partial charge in [0.15, 0.2) is 16.8 Å². The molecule has 15 heteroatoms. The molecule has 1 aliphatic carbocycles. The number of nitrogens with zero attached hydrogens (tertiary/aromatic N) is 2. The molecule has 6 rings (SSSR count). The summed E-state index contributed by atoms with van der Waals surface area (Å²) in [6.07, 6.45) is 7.71. The van der Waals surface area contributed by atoms with E-state index < -0.39 is 39.1 Å². The third-order valence-electron chi connectivity index (χ3n) is 8.53. The number of aliphatic carboxylic acids is 1. The Kier molecular flexibility index (Phi) is 11.0. The molecule has 0 bridgehead atoms. The van der Waals surface area contributed by atoms with E-state index in [1.54, 1.807) is 37.3 Å². The largest absolute Gasteiger partial charge is 0.480 e. The molecule has 52 heavy (non-hydrogen) atoms. The van der Waals surface area contributed by atoms with Gasteiger partial charge < -0.3 is 19.6 Å². The minimum atomic E-state index is -4.35. The van der Waals surface area contributed by atoms with E-state index in [-0.39, 0.29) is 11.3 Å². The van der Waals surface area contributed by atoms with Crippen LogP contribution >= 0.6 is 0 Å². The zero-order chi connectivity index (χ0) is 37.0. The number of rotatable bonds is 14. The molecule has 0 radical (unpaired) electrons. The Morgan fingerprint density at radius 1 is 1.08 bits per heavy atom. The van der Waals surface area contributed by atoms with Gasteiger partial charge in [0.1, 0.15) is 11.9 Å². The predicted molar refractivity (Wildman–Crippen MR) is 198 cm³/mol. The molecule has 0 amide bonds. The quantitative estimate of drug-likeness (QED) is 0.0537. The number of aromatic nitrogens is 1. The number of fused-ring (bicyclic) bond motifs is 2. The van der Waals surface area contributed by atoms with E-state index >= 15 is 0 Å². The van der Waals surface area contributed by atoms with E-state index in [2.05, 4.69) is 24.6 Å². The molecule has 4 N–H and O–H groups in total. The van der Waals surface area contributed by atoms with E-state index in [4.69, 9.17) is 18.5 Å². The number of benzene rings is 3. The van der Waals surface area contributed by atoms with Gasteiger partial charge in [-0.3, -0.25) is 14.2 Å². The highest BCUT2D eigenvalue weighted by atomic mass is 32.2.